The van der Waals surface area contributed by atoms with E-state index in [4.69, 9.17) is 4.74 Å². The van der Waals surface area contributed by atoms with E-state index in [1.54, 1.807) is 16.7 Å². The Morgan fingerprint density at radius 3 is 2.36 bits per heavy atom. The van der Waals surface area contributed by atoms with Gasteiger partial charge in [-0.15, -0.1) is 0 Å². The zero-order chi connectivity index (χ0) is 28.2. The third kappa shape index (κ3) is 3.14. The molecule has 42 heavy (non-hydrogen) atoms. The summed E-state index contributed by atoms with van der Waals surface area (Å²) in [5.74, 6) is 3.81. The molecule has 0 bridgehead atoms. The highest BCUT2D eigenvalue weighted by Crippen LogP contribution is 2.63. The molecule has 2 aliphatic heterocycles. The van der Waals surface area contributed by atoms with Crippen LogP contribution in [0.2, 0.25) is 0 Å². The number of nitrogens with zero attached hydrogens (tertiary/aromatic N) is 1. The molecule has 3 aromatic carbocycles. The summed E-state index contributed by atoms with van der Waals surface area (Å²) in [6.07, 6.45) is 16.1. The number of pyridine rings is 1. The molecule has 2 atom stereocenters. The Balaban J connectivity index is 1.50. The van der Waals surface area contributed by atoms with Crippen molar-refractivity contribution in [2.24, 2.45) is 17.8 Å². The quantitative estimate of drug-likeness (QED) is 0.199. The molecule has 212 valence electrons. The molecule has 0 saturated heterocycles. The van der Waals surface area contributed by atoms with Crippen molar-refractivity contribution in [3.8, 4) is 22.8 Å². The molecular weight excluding hydrogens is 510 g/mol. The fourth-order valence-electron chi connectivity index (χ4n) is 10.5. The molecule has 4 aromatic rings. The molecule has 3 heterocycles. The van der Waals surface area contributed by atoms with Crippen molar-refractivity contribution in [2.45, 2.75) is 90.5 Å². The molecule has 0 N–H and O–H groups in total. The molecule has 2 heteroatoms. The highest BCUT2D eigenvalue weighted by Gasteiger charge is 2.65. The zero-order valence-corrected chi connectivity index (χ0v) is 25.4. The summed E-state index contributed by atoms with van der Waals surface area (Å²) >= 11 is 0. The van der Waals surface area contributed by atoms with Crippen LogP contribution in [0.4, 0.5) is 0 Å². The number of ether oxygens (including phenoxy) is 1. The first-order valence-corrected chi connectivity index (χ1v) is 16.7. The Hall–Kier alpha value is -3.39. The summed E-state index contributed by atoms with van der Waals surface area (Å²) in [6.45, 7) is 7.20. The van der Waals surface area contributed by atoms with Crippen LogP contribution in [0.15, 0.2) is 77.4 Å². The van der Waals surface area contributed by atoms with Crippen LogP contribution >= 0.6 is 0 Å². The van der Waals surface area contributed by atoms with Crippen LogP contribution in [0.25, 0.3) is 32.9 Å². The predicted molar refractivity (Wildman–Crippen MR) is 172 cm³/mol. The predicted octanol–water partition coefficient (Wildman–Crippen LogP) is 10.5. The summed E-state index contributed by atoms with van der Waals surface area (Å²) in [5, 5.41) is 3.94. The van der Waals surface area contributed by atoms with E-state index in [1.807, 2.05) is 0 Å². The molecule has 3 aliphatic carbocycles. The number of hydrogen-bond acceptors (Lipinski definition) is 1. The van der Waals surface area contributed by atoms with Gasteiger partial charge in [0.25, 0.3) is 5.69 Å². The largest absolute Gasteiger partial charge is 0.450 e. The molecule has 5 aliphatic rings. The summed E-state index contributed by atoms with van der Waals surface area (Å²) in [5.41, 5.74) is 11.6. The summed E-state index contributed by atoms with van der Waals surface area (Å²) in [6, 6.07) is 20.9. The van der Waals surface area contributed by atoms with Crippen molar-refractivity contribution in [3.63, 3.8) is 0 Å². The minimum atomic E-state index is -0.228. The van der Waals surface area contributed by atoms with Crippen molar-refractivity contribution in [3.05, 3.63) is 88.5 Å². The maximum Gasteiger partial charge on any atom is 0.258 e. The van der Waals surface area contributed by atoms with Crippen LogP contribution < -0.4 is 9.30 Å². The lowest BCUT2D eigenvalue weighted by atomic mass is 9.56. The first-order valence-electron chi connectivity index (χ1n) is 16.7. The number of benzene rings is 3. The number of aromatic nitrogens is 1. The zero-order valence-electron chi connectivity index (χ0n) is 25.4. The lowest BCUT2D eigenvalue weighted by Gasteiger charge is -2.47. The van der Waals surface area contributed by atoms with Crippen LogP contribution in [-0.4, -0.2) is 0 Å². The van der Waals surface area contributed by atoms with Crippen LogP contribution in [0.5, 0.6) is 11.5 Å². The normalized spacial score (nSPS) is 25.4. The van der Waals surface area contributed by atoms with Gasteiger partial charge in [-0.2, -0.15) is 4.57 Å². The van der Waals surface area contributed by atoms with E-state index < -0.39 is 0 Å². The van der Waals surface area contributed by atoms with E-state index in [0.717, 1.165) is 11.5 Å². The van der Waals surface area contributed by atoms with Crippen molar-refractivity contribution >= 4 is 21.7 Å². The second-order valence-electron chi connectivity index (χ2n) is 14.1. The molecule has 9 rings (SSSR count). The number of hydrogen-bond donors (Lipinski definition) is 0. The third-order valence-corrected chi connectivity index (χ3v) is 11.9. The Kier molecular flexibility index (Phi) is 5.42. The smallest absolute Gasteiger partial charge is 0.258 e. The number of fused-ring (bicyclic) bond motifs is 4. The molecule has 2 nitrogen and oxygen atoms in total. The molecular formula is C40H42NO+. The number of allylic oxidation sites excluding steroid dienone is 4. The van der Waals surface area contributed by atoms with Gasteiger partial charge in [0, 0.05) is 28.7 Å². The summed E-state index contributed by atoms with van der Waals surface area (Å²) in [7, 11) is 0. The van der Waals surface area contributed by atoms with Crippen molar-refractivity contribution in [2.75, 3.05) is 0 Å². The molecule has 1 spiro atoms. The average Bonchev–Trinajstić information content (AvgIpc) is 3.30. The van der Waals surface area contributed by atoms with Gasteiger partial charge in [-0.05, 0) is 80.9 Å². The Labute approximate surface area is 250 Å². The second kappa shape index (κ2) is 9.06. The van der Waals surface area contributed by atoms with Gasteiger partial charge < -0.3 is 4.74 Å². The topological polar surface area (TPSA) is 13.1 Å². The van der Waals surface area contributed by atoms with E-state index >= 15 is 0 Å². The van der Waals surface area contributed by atoms with Gasteiger partial charge in [0.05, 0.1) is 16.9 Å². The van der Waals surface area contributed by atoms with Crippen molar-refractivity contribution in [1.29, 1.82) is 0 Å². The Bertz CT molecular complexity index is 1860. The highest BCUT2D eigenvalue weighted by molar-refractivity contribution is 6.06. The number of aryl methyl sites for hydroxylation is 1. The maximum atomic E-state index is 6.92. The summed E-state index contributed by atoms with van der Waals surface area (Å²) < 4.78 is 9.79. The first kappa shape index (κ1) is 25.1. The third-order valence-electron chi connectivity index (χ3n) is 11.9. The molecule has 2 fully saturated rings. The molecule has 2 unspecified atom stereocenters. The lowest BCUT2D eigenvalue weighted by Crippen LogP contribution is -2.64. The number of rotatable bonds is 2. The van der Waals surface area contributed by atoms with Crippen LogP contribution in [0, 0.1) is 24.7 Å². The van der Waals surface area contributed by atoms with E-state index in [0.29, 0.717) is 17.8 Å². The van der Waals surface area contributed by atoms with Gasteiger partial charge >= 0.3 is 0 Å². The standard InChI is InChI=1S/C40H42NO/c1-24-12-10-18-32-30(24)23-34-39-36-31(21-20-27-17-11-19-33(42-34)35(27)36)40(41(32)39)37(28-13-6-4-7-14-28)25(2)22-26(3)38(40)29-15-8-5-9-16-29/h10-12,17-23,28-29,37H,4-9,13-16H2,1-3H3/q+1. The Morgan fingerprint density at radius 2 is 1.55 bits per heavy atom. The first-order chi connectivity index (χ1) is 20.6. The maximum absolute atomic E-state index is 6.92. The van der Waals surface area contributed by atoms with Crippen molar-refractivity contribution in [1.82, 2.24) is 0 Å². The van der Waals surface area contributed by atoms with E-state index in [-0.39, 0.29) is 5.54 Å². The Morgan fingerprint density at radius 1 is 0.786 bits per heavy atom. The van der Waals surface area contributed by atoms with Gasteiger partial charge in [0.1, 0.15) is 5.75 Å². The highest BCUT2D eigenvalue weighted by atomic mass is 16.5. The molecule has 0 amide bonds. The summed E-state index contributed by atoms with van der Waals surface area (Å²) in [4.78, 5) is 0. The van der Waals surface area contributed by atoms with Gasteiger partial charge in [-0.1, -0.05) is 86.6 Å². The van der Waals surface area contributed by atoms with Gasteiger partial charge in [-0.25, -0.2) is 0 Å². The van der Waals surface area contributed by atoms with Crippen LogP contribution in [-0.2, 0) is 5.54 Å². The van der Waals surface area contributed by atoms with E-state index in [9.17, 15) is 0 Å². The average molecular weight is 553 g/mol. The van der Waals surface area contributed by atoms with Gasteiger partial charge in [0.15, 0.2) is 5.75 Å². The minimum absolute atomic E-state index is 0.228. The fourth-order valence-corrected chi connectivity index (χ4v) is 10.5. The molecule has 0 radical (unpaired) electrons. The fraction of sp³-hybridized carbons (Fsp3) is 0.425. The molecule has 1 aromatic heterocycles. The van der Waals surface area contributed by atoms with E-state index in [2.05, 4.69) is 86.0 Å². The minimum Gasteiger partial charge on any atom is -0.450 e. The monoisotopic (exact) mass is 552 g/mol. The molecule has 2 saturated carbocycles. The second-order valence-corrected chi connectivity index (χ2v) is 14.1. The van der Waals surface area contributed by atoms with Crippen LogP contribution in [0.3, 0.4) is 0 Å². The lowest BCUT2D eigenvalue weighted by molar-refractivity contribution is -0.715. The van der Waals surface area contributed by atoms with E-state index in [1.165, 1.54) is 108 Å². The van der Waals surface area contributed by atoms with Gasteiger partial charge in [0.2, 0.25) is 11.1 Å². The van der Waals surface area contributed by atoms with Crippen LogP contribution in [0.1, 0.15) is 89.2 Å². The SMILES string of the molecule is CC1=CC(C)=C(C2CCCCC2)C2(c3ccc4cccc5c4c3-c3c(cc4c(C)cccc4[n+]32)O5)C1C1CCCCC1. The van der Waals surface area contributed by atoms with Crippen molar-refractivity contribution < 1.29 is 9.30 Å². The van der Waals surface area contributed by atoms with Gasteiger partial charge in [-0.3, -0.25) is 0 Å².